The molecular formula is C22H20FN3O2S. The second-order valence-corrected chi connectivity index (χ2v) is 7.50. The van der Waals surface area contributed by atoms with Crippen molar-refractivity contribution in [2.24, 2.45) is 0 Å². The number of nitrogens with one attached hydrogen (secondary N) is 2. The van der Waals surface area contributed by atoms with Crippen molar-refractivity contribution in [2.45, 2.75) is 23.5 Å². The minimum atomic E-state index is -0.393. The number of nitrogens with zero attached hydrogens (tertiary/aromatic N) is 1. The predicted molar refractivity (Wildman–Crippen MR) is 114 cm³/mol. The fourth-order valence-electron chi connectivity index (χ4n) is 2.60. The summed E-state index contributed by atoms with van der Waals surface area (Å²) in [5, 5.41) is 5.40. The van der Waals surface area contributed by atoms with Crippen LogP contribution in [0.5, 0.6) is 0 Å². The number of aromatic nitrogens is 1. The van der Waals surface area contributed by atoms with E-state index in [0.717, 1.165) is 4.90 Å². The van der Waals surface area contributed by atoms with E-state index < -0.39 is 5.82 Å². The van der Waals surface area contributed by atoms with Gasteiger partial charge in [-0.05, 0) is 61.0 Å². The van der Waals surface area contributed by atoms with E-state index in [1.807, 2.05) is 25.1 Å². The fourth-order valence-corrected chi connectivity index (χ4v) is 3.61. The van der Waals surface area contributed by atoms with E-state index in [0.29, 0.717) is 23.4 Å². The molecular weight excluding hydrogens is 389 g/mol. The van der Waals surface area contributed by atoms with Gasteiger partial charge in [-0.1, -0.05) is 13.0 Å². The first-order valence-corrected chi connectivity index (χ1v) is 9.97. The molecule has 1 aromatic heterocycles. The summed E-state index contributed by atoms with van der Waals surface area (Å²) in [6.45, 7) is 1.95. The monoisotopic (exact) mass is 409 g/mol. The van der Waals surface area contributed by atoms with Crippen LogP contribution in [0.2, 0.25) is 0 Å². The molecule has 0 bridgehead atoms. The summed E-state index contributed by atoms with van der Waals surface area (Å²) in [4.78, 5) is 29.7. The van der Waals surface area contributed by atoms with Crippen molar-refractivity contribution < 1.29 is 14.0 Å². The summed E-state index contributed by atoms with van der Waals surface area (Å²) >= 11 is 1.43. The predicted octanol–water partition coefficient (Wildman–Crippen LogP) is 4.98. The summed E-state index contributed by atoms with van der Waals surface area (Å²) in [6, 6.07) is 16.1. The van der Waals surface area contributed by atoms with Crippen molar-refractivity contribution in [1.29, 1.82) is 0 Å². The first-order valence-electron chi connectivity index (χ1n) is 9.09. The van der Waals surface area contributed by atoms with Crippen LogP contribution >= 0.6 is 11.8 Å². The number of carbonyl (C=O) groups excluding carboxylic acids is 2. The van der Waals surface area contributed by atoms with Gasteiger partial charge in [0.15, 0.2) is 0 Å². The highest BCUT2D eigenvalue weighted by Gasteiger charge is 2.18. The third kappa shape index (κ3) is 5.89. The lowest BCUT2D eigenvalue weighted by atomic mass is 10.2. The number of halogens is 1. The number of carbonyl (C=O) groups is 2. The Balaban J connectivity index is 1.65. The Morgan fingerprint density at radius 1 is 1.00 bits per heavy atom. The number of hydrogen-bond donors (Lipinski definition) is 2. The quantitative estimate of drug-likeness (QED) is 0.540. The molecule has 1 unspecified atom stereocenters. The molecule has 0 aliphatic heterocycles. The van der Waals surface area contributed by atoms with E-state index in [9.17, 15) is 14.0 Å². The van der Waals surface area contributed by atoms with Crippen LogP contribution in [0.25, 0.3) is 0 Å². The van der Waals surface area contributed by atoms with Gasteiger partial charge in [0, 0.05) is 34.2 Å². The van der Waals surface area contributed by atoms with Crippen LogP contribution in [-0.2, 0) is 4.79 Å². The summed E-state index contributed by atoms with van der Waals surface area (Å²) in [5.74, 6) is -0.810. The average Bonchev–Trinajstić information content (AvgIpc) is 2.73. The lowest BCUT2D eigenvalue weighted by molar-refractivity contribution is -0.115. The van der Waals surface area contributed by atoms with Crippen molar-refractivity contribution in [3.05, 3.63) is 84.4 Å². The molecule has 0 aliphatic carbocycles. The Kier molecular flexibility index (Phi) is 6.97. The first-order chi connectivity index (χ1) is 14.0. The molecule has 29 heavy (non-hydrogen) atoms. The van der Waals surface area contributed by atoms with Gasteiger partial charge in [0.1, 0.15) is 5.82 Å². The van der Waals surface area contributed by atoms with Gasteiger partial charge in [0.05, 0.1) is 5.25 Å². The second kappa shape index (κ2) is 9.84. The van der Waals surface area contributed by atoms with Crippen LogP contribution in [0.3, 0.4) is 0 Å². The van der Waals surface area contributed by atoms with E-state index in [-0.39, 0.29) is 17.1 Å². The van der Waals surface area contributed by atoms with Crippen molar-refractivity contribution in [3.63, 3.8) is 0 Å². The van der Waals surface area contributed by atoms with Crippen molar-refractivity contribution in [3.8, 4) is 0 Å². The SMILES string of the molecule is CCC(Sc1cccc(NC(=O)c2ccc(F)cc2)c1)C(=O)Nc1ccncc1. The molecule has 3 rings (SSSR count). The van der Waals surface area contributed by atoms with Gasteiger partial charge in [-0.25, -0.2) is 4.39 Å². The zero-order valence-electron chi connectivity index (χ0n) is 15.8. The van der Waals surface area contributed by atoms with E-state index in [4.69, 9.17) is 0 Å². The maximum atomic E-state index is 13.0. The van der Waals surface area contributed by atoms with Crippen LogP contribution in [0.4, 0.5) is 15.8 Å². The van der Waals surface area contributed by atoms with E-state index in [1.165, 1.54) is 36.0 Å². The summed E-state index contributed by atoms with van der Waals surface area (Å²) in [7, 11) is 0. The Bertz CT molecular complexity index is 981. The molecule has 3 aromatic rings. The van der Waals surface area contributed by atoms with Crippen LogP contribution < -0.4 is 10.6 Å². The molecule has 2 amide bonds. The summed E-state index contributed by atoms with van der Waals surface area (Å²) < 4.78 is 13.0. The minimum absolute atomic E-state index is 0.0931. The van der Waals surface area contributed by atoms with Gasteiger partial charge in [0.2, 0.25) is 5.91 Å². The van der Waals surface area contributed by atoms with E-state index >= 15 is 0 Å². The smallest absolute Gasteiger partial charge is 0.255 e. The third-order valence-corrected chi connectivity index (χ3v) is 5.45. The molecule has 2 N–H and O–H groups in total. The van der Waals surface area contributed by atoms with Gasteiger partial charge in [0.25, 0.3) is 5.91 Å². The van der Waals surface area contributed by atoms with Crippen LogP contribution in [0.15, 0.2) is 78.0 Å². The van der Waals surface area contributed by atoms with Crippen LogP contribution in [-0.4, -0.2) is 22.0 Å². The highest BCUT2D eigenvalue weighted by molar-refractivity contribution is 8.00. The van der Waals surface area contributed by atoms with Crippen molar-refractivity contribution >= 4 is 35.0 Å². The lowest BCUT2D eigenvalue weighted by Gasteiger charge is -2.15. The van der Waals surface area contributed by atoms with Crippen LogP contribution in [0, 0.1) is 5.82 Å². The number of hydrogen-bond acceptors (Lipinski definition) is 4. The van der Waals surface area contributed by atoms with Gasteiger partial charge >= 0.3 is 0 Å². The molecule has 0 fully saturated rings. The molecule has 0 saturated carbocycles. The van der Waals surface area contributed by atoms with Gasteiger partial charge < -0.3 is 10.6 Å². The van der Waals surface area contributed by atoms with E-state index in [1.54, 1.807) is 30.6 Å². The van der Waals surface area contributed by atoms with Gasteiger partial charge in [-0.2, -0.15) is 0 Å². The molecule has 0 aliphatic rings. The van der Waals surface area contributed by atoms with Gasteiger partial charge in [-0.15, -0.1) is 11.8 Å². The number of amides is 2. The van der Waals surface area contributed by atoms with Crippen LogP contribution in [0.1, 0.15) is 23.7 Å². The largest absolute Gasteiger partial charge is 0.325 e. The topological polar surface area (TPSA) is 71.1 Å². The molecule has 1 atom stereocenters. The minimum Gasteiger partial charge on any atom is -0.325 e. The second-order valence-electron chi connectivity index (χ2n) is 6.23. The highest BCUT2D eigenvalue weighted by atomic mass is 32.2. The fraction of sp³-hybridized carbons (Fsp3) is 0.136. The maximum absolute atomic E-state index is 13.0. The Labute approximate surface area is 172 Å². The molecule has 0 saturated heterocycles. The Morgan fingerprint density at radius 2 is 1.72 bits per heavy atom. The van der Waals surface area contributed by atoms with E-state index in [2.05, 4.69) is 15.6 Å². The number of pyridine rings is 1. The number of thioether (sulfide) groups is 1. The lowest BCUT2D eigenvalue weighted by Crippen LogP contribution is -2.24. The standard InChI is InChI=1S/C22H20FN3O2S/c1-2-20(22(28)25-17-10-12-24-13-11-17)29-19-5-3-4-18(14-19)26-21(27)15-6-8-16(23)9-7-15/h3-14,20H,2H2,1H3,(H,26,27)(H,24,25,28). The summed E-state index contributed by atoms with van der Waals surface area (Å²) in [6.07, 6.45) is 3.89. The first kappa shape index (κ1) is 20.5. The third-order valence-electron chi connectivity index (χ3n) is 4.09. The normalized spacial score (nSPS) is 11.5. The highest BCUT2D eigenvalue weighted by Crippen LogP contribution is 2.28. The Morgan fingerprint density at radius 3 is 2.41 bits per heavy atom. The Hall–Kier alpha value is -3.19. The van der Waals surface area contributed by atoms with Crippen molar-refractivity contribution in [1.82, 2.24) is 4.98 Å². The summed E-state index contributed by atoms with van der Waals surface area (Å²) in [5.41, 5.74) is 1.67. The number of anilines is 2. The number of benzene rings is 2. The molecule has 148 valence electrons. The molecule has 5 nitrogen and oxygen atoms in total. The molecule has 0 radical (unpaired) electrons. The average molecular weight is 409 g/mol. The number of rotatable bonds is 7. The molecule has 2 aromatic carbocycles. The zero-order valence-corrected chi connectivity index (χ0v) is 16.6. The molecule has 0 spiro atoms. The van der Waals surface area contributed by atoms with Crippen molar-refractivity contribution in [2.75, 3.05) is 10.6 Å². The zero-order chi connectivity index (χ0) is 20.6. The molecule has 1 heterocycles. The van der Waals surface area contributed by atoms with Gasteiger partial charge in [-0.3, -0.25) is 14.6 Å². The molecule has 7 heteroatoms. The maximum Gasteiger partial charge on any atom is 0.255 e.